The maximum absolute atomic E-state index is 14.0. The fraction of sp³-hybridized carbons (Fsp3) is 0.158. The highest BCUT2D eigenvalue weighted by Gasteiger charge is 2.32. The number of carbonyl (C=O) groups excluding carboxylic acids is 1. The van der Waals surface area contributed by atoms with E-state index >= 15 is 0 Å². The molecule has 0 unspecified atom stereocenters. The van der Waals surface area contributed by atoms with Gasteiger partial charge < -0.3 is 10.0 Å². The Kier molecular flexibility index (Phi) is 11.3. The molecule has 0 aliphatic heterocycles. The lowest BCUT2D eigenvalue weighted by Crippen LogP contribution is -2.49. The van der Waals surface area contributed by atoms with Crippen molar-refractivity contribution in [2.45, 2.75) is 28.4 Å². The van der Waals surface area contributed by atoms with Crippen molar-refractivity contribution in [1.29, 1.82) is 0 Å². The molecule has 14 heteroatoms. The van der Waals surface area contributed by atoms with E-state index in [-0.39, 0.29) is 34.9 Å². The lowest BCUT2D eigenvalue weighted by molar-refractivity contribution is -0.142. The van der Waals surface area contributed by atoms with Gasteiger partial charge in [-0.25, -0.2) is 26.4 Å². The second-order valence-electron chi connectivity index (χ2n) is 11.9. The minimum atomic E-state index is -4.50. The van der Waals surface area contributed by atoms with Gasteiger partial charge in [-0.3, -0.25) is 4.79 Å². The Morgan fingerprint density at radius 1 is 0.692 bits per heavy atom. The van der Waals surface area contributed by atoms with E-state index in [2.05, 4.69) is 4.72 Å². The summed E-state index contributed by atoms with van der Waals surface area (Å²) in [6, 6.07) is 30.2. The molecule has 0 aromatic heterocycles. The fourth-order valence-electron chi connectivity index (χ4n) is 5.49. The van der Waals surface area contributed by atoms with Gasteiger partial charge >= 0.3 is 12.1 Å². The number of rotatable bonds is 13. The number of hydrogen-bond acceptors (Lipinski definition) is 6. The Morgan fingerprint density at radius 2 is 1.17 bits per heavy atom. The number of aliphatic carboxylic acids is 1. The Bertz CT molecular complexity index is 2250. The number of carboxylic acids is 1. The molecule has 0 spiro atoms. The molecule has 0 bridgehead atoms. The van der Waals surface area contributed by atoms with Gasteiger partial charge in [0.05, 0.1) is 15.4 Å². The molecule has 270 valence electrons. The van der Waals surface area contributed by atoms with Crippen LogP contribution in [0.15, 0.2) is 137 Å². The maximum Gasteiger partial charge on any atom is 0.416 e. The van der Waals surface area contributed by atoms with Crippen molar-refractivity contribution in [2.24, 2.45) is 0 Å². The van der Waals surface area contributed by atoms with Crippen molar-refractivity contribution >= 4 is 31.7 Å². The van der Waals surface area contributed by atoms with Gasteiger partial charge in [0.2, 0.25) is 10.0 Å². The molecular formula is C38H33F3N2O7S2. The average molecular weight is 751 g/mol. The first-order chi connectivity index (χ1) is 24.5. The van der Waals surface area contributed by atoms with Crippen LogP contribution < -0.4 is 4.72 Å². The van der Waals surface area contributed by atoms with Gasteiger partial charge in [-0.1, -0.05) is 78.9 Å². The molecule has 52 heavy (non-hydrogen) atoms. The van der Waals surface area contributed by atoms with Crippen LogP contribution in [-0.4, -0.2) is 64.1 Å². The zero-order valence-electron chi connectivity index (χ0n) is 27.6. The molecule has 1 atom stereocenters. The number of amides is 1. The Morgan fingerprint density at radius 3 is 1.67 bits per heavy atom. The van der Waals surface area contributed by atoms with Crippen molar-refractivity contribution < 1.29 is 44.7 Å². The number of nitrogens with zero attached hydrogens (tertiary/aromatic N) is 1. The van der Waals surface area contributed by atoms with Gasteiger partial charge in [-0.15, -0.1) is 0 Å². The quantitative estimate of drug-likeness (QED) is 0.139. The van der Waals surface area contributed by atoms with E-state index in [1.54, 1.807) is 12.1 Å². The monoisotopic (exact) mass is 750 g/mol. The Balaban J connectivity index is 1.40. The van der Waals surface area contributed by atoms with E-state index in [0.29, 0.717) is 16.7 Å². The van der Waals surface area contributed by atoms with Gasteiger partial charge in [0.15, 0.2) is 9.84 Å². The highest BCUT2D eigenvalue weighted by molar-refractivity contribution is 7.90. The first kappa shape index (κ1) is 37.9. The van der Waals surface area contributed by atoms with Gasteiger partial charge in [-0.05, 0) is 76.3 Å². The normalized spacial score (nSPS) is 12.6. The summed E-state index contributed by atoms with van der Waals surface area (Å²) in [6.45, 7) is -0.749. The summed E-state index contributed by atoms with van der Waals surface area (Å²) in [5.41, 5.74) is 2.70. The largest absolute Gasteiger partial charge is 0.480 e. The molecule has 2 N–H and O–H groups in total. The van der Waals surface area contributed by atoms with Crippen molar-refractivity contribution in [3.05, 3.63) is 144 Å². The van der Waals surface area contributed by atoms with E-state index in [0.717, 1.165) is 58.7 Å². The van der Waals surface area contributed by atoms with Gasteiger partial charge in [0, 0.05) is 31.3 Å². The highest BCUT2D eigenvalue weighted by atomic mass is 32.2. The van der Waals surface area contributed by atoms with Crippen LogP contribution in [0.25, 0.3) is 22.3 Å². The number of hydrogen-bond donors (Lipinski definition) is 2. The summed E-state index contributed by atoms with van der Waals surface area (Å²) in [5.74, 6) is -2.05. The van der Waals surface area contributed by atoms with E-state index < -0.39 is 49.5 Å². The standard InChI is InChI=1S/C38H33F3N2O7S2/c1-51(47,48)33-19-21-34(22-20-33)52(49,50)42-23-24-43(35(37(45)46)25-26-7-9-28(10-8-26)27-5-3-2-4-6-27)36(44)31-13-11-29(12-14-31)30-15-17-32(18-16-30)38(39,40)41/h2-22,35,42H,23-25H2,1H3,(H,45,46)/t35-/m0/s1. The minimum absolute atomic E-state index is 0.0700. The van der Waals surface area contributed by atoms with Crippen LogP contribution in [0, 0.1) is 0 Å². The molecule has 0 heterocycles. The number of sulfone groups is 1. The fourth-order valence-corrected chi connectivity index (χ4v) is 7.14. The van der Waals surface area contributed by atoms with Crippen molar-refractivity contribution in [3.8, 4) is 22.3 Å². The van der Waals surface area contributed by atoms with E-state index in [1.807, 2.05) is 42.5 Å². The number of carboxylic acid groups (broad SMARTS) is 1. The third-order valence-electron chi connectivity index (χ3n) is 8.30. The predicted octanol–water partition coefficient (Wildman–Crippen LogP) is 6.56. The molecule has 0 radical (unpaired) electrons. The average Bonchev–Trinajstić information content (AvgIpc) is 3.12. The summed E-state index contributed by atoms with van der Waals surface area (Å²) in [7, 11) is -7.76. The second kappa shape index (κ2) is 15.5. The molecule has 0 aliphatic rings. The first-order valence-corrected chi connectivity index (χ1v) is 19.2. The summed E-state index contributed by atoms with van der Waals surface area (Å²) >= 11 is 0. The van der Waals surface area contributed by atoms with Crippen LogP contribution in [-0.2, 0) is 37.3 Å². The molecule has 0 fully saturated rings. The highest BCUT2D eigenvalue weighted by Crippen LogP contribution is 2.31. The summed E-state index contributed by atoms with van der Waals surface area (Å²) in [6.07, 6.45) is -3.63. The minimum Gasteiger partial charge on any atom is -0.480 e. The molecule has 0 saturated carbocycles. The van der Waals surface area contributed by atoms with Crippen LogP contribution in [0.3, 0.4) is 0 Å². The number of halogens is 3. The number of benzene rings is 5. The van der Waals surface area contributed by atoms with E-state index in [9.17, 15) is 44.7 Å². The molecule has 0 aliphatic carbocycles. The lowest BCUT2D eigenvalue weighted by Gasteiger charge is -2.29. The molecule has 5 aromatic rings. The topological polar surface area (TPSA) is 138 Å². The van der Waals surface area contributed by atoms with Gasteiger partial charge in [0.1, 0.15) is 6.04 Å². The molecule has 5 aromatic carbocycles. The number of nitrogens with one attached hydrogen (secondary N) is 1. The van der Waals surface area contributed by atoms with Crippen LogP contribution in [0.2, 0.25) is 0 Å². The Hall–Kier alpha value is -5.31. The van der Waals surface area contributed by atoms with Crippen molar-refractivity contribution in [2.75, 3.05) is 19.3 Å². The van der Waals surface area contributed by atoms with Gasteiger partial charge in [0.25, 0.3) is 5.91 Å². The Labute approximate surface area is 299 Å². The number of carbonyl (C=O) groups is 2. The van der Waals surface area contributed by atoms with E-state index in [4.69, 9.17) is 0 Å². The van der Waals surface area contributed by atoms with Crippen LogP contribution in [0.5, 0.6) is 0 Å². The van der Waals surface area contributed by atoms with Crippen LogP contribution >= 0.6 is 0 Å². The third-order valence-corrected chi connectivity index (χ3v) is 10.9. The van der Waals surface area contributed by atoms with Crippen LogP contribution in [0.1, 0.15) is 21.5 Å². The number of alkyl halides is 3. The van der Waals surface area contributed by atoms with E-state index in [1.165, 1.54) is 36.4 Å². The van der Waals surface area contributed by atoms with Crippen molar-refractivity contribution in [1.82, 2.24) is 9.62 Å². The van der Waals surface area contributed by atoms with Crippen molar-refractivity contribution in [3.63, 3.8) is 0 Å². The predicted molar refractivity (Wildman–Crippen MR) is 190 cm³/mol. The summed E-state index contributed by atoms with van der Waals surface area (Å²) in [5, 5.41) is 10.4. The maximum atomic E-state index is 14.0. The summed E-state index contributed by atoms with van der Waals surface area (Å²) < 4.78 is 91.2. The third kappa shape index (κ3) is 9.32. The zero-order valence-corrected chi connectivity index (χ0v) is 29.3. The smallest absolute Gasteiger partial charge is 0.416 e. The molecule has 5 rings (SSSR count). The molecular weight excluding hydrogens is 718 g/mol. The van der Waals surface area contributed by atoms with Gasteiger partial charge in [-0.2, -0.15) is 13.2 Å². The van der Waals surface area contributed by atoms with Crippen LogP contribution in [0.4, 0.5) is 13.2 Å². The first-order valence-electron chi connectivity index (χ1n) is 15.8. The zero-order chi connectivity index (χ0) is 37.7. The SMILES string of the molecule is CS(=O)(=O)c1ccc(S(=O)(=O)NCCN(C(=O)c2ccc(-c3ccc(C(F)(F)F)cc3)cc2)[C@@H](Cc2ccc(-c3ccccc3)cc2)C(=O)O)cc1. The molecule has 1 amide bonds. The second-order valence-corrected chi connectivity index (χ2v) is 15.7. The number of sulfonamides is 1. The summed E-state index contributed by atoms with van der Waals surface area (Å²) in [4.78, 5) is 27.5. The lowest BCUT2D eigenvalue weighted by atomic mass is 9.99. The molecule has 0 saturated heterocycles. The molecule has 9 nitrogen and oxygen atoms in total.